The normalized spacial score (nSPS) is 11.4. The number of benzene rings is 3. The Hall–Kier alpha value is -3.60. The van der Waals surface area contributed by atoms with E-state index in [1.807, 2.05) is 61.5 Å². The first-order valence-corrected chi connectivity index (χ1v) is 9.56. The molecule has 29 heavy (non-hydrogen) atoms. The number of nitrogens with one attached hydrogen (secondary N) is 2. The molecule has 2 N–H and O–H groups in total. The third-order valence-electron chi connectivity index (χ3n) is 4.35. The summed E-state index contributed by atoms with van der Waals surface area (Å²) in [5.41, 5.74) is 3.44. The third-order valence-corrected chi connectivity index (χ3v) is 4.35. The maximum absolute atomic E-state index is 12.6. The molecule has 3 aromatic rings. The van der Waals surface area contributed by atoms with Gasteiger partial charge in [0.25, 0.3) is 5.91 Å². The van der Waals surface area contributed by atoms with Gasteiger partial charge in [-0.3, -0.25) is 9.59 Å². The average Bonchev–Trinajstić information content (AvgIpc) is 2.73. The second-order valence-electron chi connectivity index (χ2n) is 6.66. The predicted octanol–water partition coefficient (Wildman–Crippen LogP) is 5.11. The topological polar surface area (TPSA) is 67.4 Å². The summed E-state index contributed by atoms with van der Waals surface area (Å²) >= 11 is 0. The van der Waals surface area contributed by atoms with Crippen molar-refractivity contribution in [2.24, 2.45) is 0 Å². The number of carbonyl (C=O) groups excluding carboxylic acids is 2. The number of ether oxygens (including phenoxy) is 1. The van der Waals surface area contributed by atoms with E-state index in [4.69, 9.17) is 4.74 Å². The van der Waals surface area contributed by atoms with Gasteiger partial charge in [0.1, 0.15) is 5.75 Å². The molecule has 0 fully saturated rings. The van der Waals surface area contributed by atoms with Gasteiger partial charge >= 0.3 is 0 Å². The monoisotopic (exact) mass is 388 g/mol. The van der Waals surface area contributed by atoms with Crippen LogP contribution in [0.1, 0.15) is 20.3 Å². The summed E-state index contributed by atoms with van der Waals surface area (Å²) in [5.74, 6) is 0.237. The van der Waals surface area contributed by atoms with Crippen LogP contribution in [0, 0.1) is 0 Å². The van der Waals surface area contributed by atoms with Gasteiger partial charge in [-0.1, -0.05) is 55.5 Å². The van der Waals surface area contributed by atoms with Gasteiger partial charge in [-0.2, -0.15) is 0 Å². The number of carbonyl (C=O) groups is 2. The Labute approximate surface area is 170 Å². The van der Waals surface area contributed by atoms with Crippen LogP contribution < -0.4 is 15.4 Å². The number of hydrogen-bond donors (Lipinski definition) is 2. The van der Waals surface area contributed by atoms with Crippen molar-refractivity contribution < 1.29 is 14.3 Å². The van der Waals surface area contributed by atoms with Crippen LogP contribution in [0.15, 0.2) is 78.9 Å². The molecule has 1 unspecified atom stereocenters. The van der Waals surface area contributed by atoms with E-state index in [0.29, 0.717) is 23.5 Å². The number of rotatable bonds is 7. The van der Waals surface area contributed by atoms with Gasteiger partial charge < -0.3 is 15.4 Å². The summed E-state index contributed by atoms with van der Waals surface area (Å²) < 4.78 is 5.90. The summed E-state index contributed by atoms with van der Waals surface area (Å²) in [5, 5.41) is 5.55. The van der Waals surface area contributed by atoms with E-state index in [0.717, 1.165) is 11.1 Å². The maximum Gasteiger partial charge on any atom is 0.265 e. The highest BCUT2D eigenvalue weighted by Gasteiger charge is 2.18. The second-order valence-corrected chi connectivity index (χ2v) is 6.66. The molecule has 0 aliphatic carbocycles. The van der Waals surface area contributed by atoms with Gasteiger partial charge in [0.05, 0.1) is 0 Å². The quantitative estimate of drug-likeness (QED) is 0.591. The molecule has 0 aliphatic rings. The van der Waals surface area contributed by atoms with Gasteiger partial charge in [-0.05, 0) is 47.9 Å². The smallest absolute Gasteiger partial charge is 0.265 e. The Morgan fingerprint density at radius 1 is 0.828 bits per heavy atom. The highest BCUT2D eigenvalue weighted by Crippen LogP contribution is 2.23. The number of hydrogen-bond acceptors (Lipinski definition) is 3. The van der Waals surface area contributed by atoms with E-state index in [-0.39, 0.29) is 11.8 Å². The van der Waals surface area contributed by atoms with E-state index in [2.05, 4.69) is 10.6 Å². The first-order valence-electron chi connectivity index (χ1n) is 9.56. The summed E-state index contributed by atoms with van der Waals surface area (Å²) in [7, 11) is 0. The van der Waals surface area contributed by atoms with E-state index in [9.17, 15) is 9.59 Å². The molecule has 0 aromatic heterocycles. The lowest BCUT2D eigenvalue weighted by molar-refractivity contribution is -0.122. The van der Waals surface area contributed by atoms with Crippen LogP contribution in [0.3, 0.4) is 0 Å². The van der Waals surface area contributed by atoms with E-state index in [1.54, 1.807) is 24.3 Å². The molecule has 2 amide bonds. The zero-order valence-corrected chi connectivity index (χ0v) is 16.5. The predicted molar refractivity (Wildman–Crippen MR) is 116 cm³/mol. The van der Waals surface area contributed by atoms with E-state index < -0.39 is 6.10 Å². The Kier molecular flexibility index (Phi) is 6.63. The SMILES string of the molecule is CCC(Oc1ccc(-c2ccccc2)cc1)C(=O)Nc1cccc(NC(C)=O)c1. The highest BCUT2D eigenvalue weighted by atomic mass is 16.5. The molecule has 5 heteroatoms. The van der Waals surface area contributed by atoms with Gasteiger partial charge in [0.15, 0.2) is 6.10 Å². The summed E-state index contributed by atoms with van der Waals surface area (Å²) in [6.07, 6.45) is -0.0977. The van der Waals surface area contributed by atoms with Gasteiger partial charge in [0.2, 0.25) is 5.91 Å². The zero-order valence-electron chi connectivity index (χ0n) is 16.5. The first kappa shape index (κ1) is 20.1. The van der Waals surface area contributed by atoms with Crippen molar-refractivity contribution in [1.29, 1.82) is 0 Å². The van der Waals surface area contributed by atoms with Crippen molar-refractivity contribution in [2.45, 2.75) is 26.4 Å². The minimum Gasteiger partial charge on any atom is -0.481 e. The molecule has 0 spiro atoms. The lowest BCUT2D eigenvalue weighted by Crippen LogP contribution is -2.32. The molecule has 3 aromatic carbocycles. The van der Waals surface area contributed by atoms with E-state index >= 15 is 0 Å². The minimum atomic E-state index is -0.623. The van der Waals surface area contributed by atoms with Crippen LogP contribution in [-0.2, 0) is 9.59 Å². The number of anilines is 2. The Morgan fingerprint density at radius 2 is 1.45 bits per heavy atom. The fourth-order valence-electron chi connectivity index (χ4n) is 2.94. The van der Waals surface area contributed by atoms with Crippen molar-refractivity contribution in [3.8, 4) is 16.9 Å². The van der Waals surface area contributed by atoms with Crippen molar-refractivity contribution in [1.82, 2.24) is 0 Å². The molecule has 0 saturated carbocycles. The van der Waals surface area contributed by atoms with Gasteiger partial charge in [0, 0.05) is 18.3 Å². The molecule has 0 radical (unpaired) electrons. The fraction of sp³-hybridized carbons (Fsp3) is 0.167. The summed E-state index contributed by atoms with van der Waals surface area (Å²) in [6, 6.07) is 24.8. The van der Waals surface area contributed by atoms with Crippen molar-refractivity contribution >= 4 is 23.2 Å². The molecule has 0 saturated heterocycles. The molecular formula is C24H24N2O3. The summed E-state index contributed by atoms with van der Waals surface area (Å²) in [6.45, 7) is 3.34. The largest absolute Gasteiger partial charge is 0.481 e. The molecule has 0 bridgehead atoms. The first-order chi connectivity index (χ1) is 14.0. The van der Waals surface area contributed by atoms with Crippen LogP contribution in [0.4, 0.5) is 11.4 Å². The minimum absolute atomic E-state index is 0.165. The second kappa shape index (κ2) is 9.55. The van der Waals surface area contributed by atoms with Crippen molar-refractivity contribution in [2.75, 3.05) is 10.6 Å². The van der Waals surface area contributed by atoms with Crippen LogP contribution in [0.25, 0.3) is 11.1 Å². The Morgan fingerprint density at radius 3 is 2.07 bits per heavy atom. The molecule has 0 aliphatic heterocycles. The third kappa shape index (κ3) is 5.69. The van der Waals surface area contributed by atoms with Crippen LogP contribution in [-0.4, -0.2) is 17.9 Å². The Balaban J connectivity index is 1.65. The van der Waals surface area contributed by atoms with Crippen molar-refractivity contribution in [3.05, 3.63) is 78.9 Å². The molecule has 1 atom stereocenters. The maximum atomic E-state index is 12.6. The van der Waals surface area contributed by atoms with Crippen LogP contribution in [0.5, 0.6) is 5.75 Å². The van der Waals surface area contributed by atoms with Gasteiger partial charge in [-0.25, -0.2) is 0 Å². The summed E-state index contributed by atoms with van der Waals surface area (Å²) in [4.78, 5) is 23.8. The molecule has 0 heterocycles. The molecular weight excluding hydrogens is 364 g/mol. The lowest BCUT2D eigenvalue weighted by atomic mass is 10.1. The molecule has 148 valence electrons. The number of amides is 2. The average molecular weight is 388 g/mol. The highest BCUT2D eigenvalue weighted by molar-refractivity contribution is 5.95. The lowest BCUT2D eigenvalue weighted by Gasteiger charge is -2.18. The molecule has 5 nitrogen and oxygen atoms in total. The zero-order chi connectivity index (χ0) is 20.6. The fourth-order valence-corrected chi connectivity index (χ4v) is 2.94. The Bertz CT molecular complexity index is 969. The molecule has 3 rings (SSSR count). The van der Waals surface area contributed by atoms with Crippen LogP contribution >= 0.6 is 0 Å². The van der Waals surface area contributed by atoms with Gasteiger partial charge in [-0.15, -0.1) is 0 Å². The van der Waals surface area contributed by atoms with E-state index in [1.165, 1.54) is 6.92 Å². The standard InChI is InChI=1S/C24H24N2O3/c1-3-23(24(28)26-21-11-7-10-20(16-21)25-17(2)27)29-22-14-12-19(13-15-22)18-8-5-4-6-9-18/h4-16,23H,3H2,1-2H3,(H,25,27)(H,26,28). The van der Waals surface area contributed by atoms with Crippen LogP contribution in [0.2, 0.25) is 0 Å². The van der Waals surface area contributed by atoms with Crippen molar-refractivity contribution in [3.63, 3.8) is 0 Å².